The van der Waals surface area contributed by atoms with E-state index in [-0.39, 0.29) is 11.9 Å². The summed E-state index contributed by atoms with van der Waals surface area (Å²) in [6, 6.07) is 6.81. The van der Waals surface area contributed by atoms with Crippen LogP contribution in [0.4, 0.5) is 4.39 Å². The molecule has 0 aromatic heterocycles. The fourth-order valence-corrected chi connectivity index (χ4v) is 3.30. The second-order valence-electron chi connectivity index (χ2n) is 6.86. The number of benzene rings is 1. The van der Waals surface area contributed by atoms with Gasteiger partial charge < -0.3 is 10.1 Å². The molecule has 118 valence electrons. The standard InChI is InChI=1S/C18H28FNO/c1-5-18(2,3)13-9-10-16(20-4)17(11-13)21-15-8-6-7-14(19)12-15/h6-8,12-13,16-17,20H,5,9-11H2,1-4H3. The van der Waals surface area contributed by atoms with Gasteiger partial charge in [0.05, 0.1) is 0 Å². The van der Waals surface area contributed by atoms with Crippen molar-refractivity contribution in [2.45, 2.75) is 58.6 Å². The van der Waals surface area contributed by atoms with E-state index in [1.165, 1.54) is 25.0 Å². The minimum Gasteiger partial charge on any atom is -0.489 e. The number of hydrogen-bond acceptors (Lipinski definition) is 2. The Bertz CT molecular complexity index is 460. The van der Waals surface area contributed by atoms with E-state index >= 15 is 0 Å². The van der Waals surface area contributed by atoms with Gasteiger partial charge in [-0.15, -0.1) is 0 Å². The summed E-state index contributed by atoms with van der Waals surface area (Å²) in [5, 5.41) is 3.36. The Labute approximate surface area is 128 Å². The number of likely N-dealkylation sites (N-methyl/N-ethyl adjacent to an activating group) is 1. The van der Waals surface area contributed by atoms with Crippen LogP contribution < -0.4 is 10.1 Å². The predicted molar refractivity (Wildman–Crippen MR) is 85.1 cm³/mol. The molecule has 3 heteroatoms. The number of halogens is 1. The molecule has 0 radical (unpaired) electrons. The Kier molecular flexibility index (Phi) is 5.26. The fraction of sp³-hybridized carbons (Fsp3) is 0.667. The van der Waals surface area contributed by atoms with Gasteiger partial charge in [0.25, 0.3) is 0 Å². The maximum absolute atomic E-state index is 13.3. The van der Waals surface area contributed by atoms with E-state index in [1.807, 2.05) is 13.1 Å². The minimum absolute atomic E-state index is 0.112. The van der Waals surface area contributed by atoms with E-state index in [0.717, 1.165) is 12.8 Å². The maximum Gasteiger partial charge on any atom is 0.126 e. The third kappa shape index (κ3) is 3.97. The van der Waals surface area contributed by atoms with Gasteiger partial charge in [-0.1, -0.05) is 33.3 Å². The zero-order chi connectivity index (χ0) is 15.5. The van der Waals surface area contributed by atoms with Gasteiger partial charge in [-0.05, 0) is 49.8 Å². The summed E-state index contributed by atoms with van der Waals surface area (Å²) in [5.41, 5.74) is 0.336. The van der Waals surface area contributed by atoms with Crippen LogP contribution in [0.25, 0.3) is 0 Å². The summed E-state index contributed by atoms with van der Waals surface area (Å²) in [7, 11) is 1.98. The first-order chi connectivity index (χ1) is 9.96. The molecule has 1 aliphatic rings. The lowest BCUT2D eigenvalue weighted by atomic mass is 9.68. The summed E-state index contributed by atoms with van der Waals surface area (Å²) in [6.07, 6.45) is 4.67. The molecule has 1 fully saturated rings. The molecule has 1 aromatic carbocycles. The van der Waals surface area contributed by atoms with Crippen molar-refractivity contribution in [1.82, 2.24) is 5.32 Å². The highest BCUT2D eigenvalue weighted by Crippen LogP contribution is 2.41. The normalized spacial score (nSPS) is 26.6. The van der Waals surface area contributed by atoms with E-state index in [4.69, 9.17) is 4.74 Å². The van der Waals surface area contributed by atoms with Crippen LogP contribution in [0.1, 0.15) is 46.5 Å². The van der Waals surface area contributed by atoms with Crippen molar-refractivity contribution < 1.29 is 9.13 Å². The van der Waals surface area contributed by atoms with Crippen molar-refractivity contribution in [3.8, 4) is 5.75 Å². The lowest BCUT2D eigenvalue weighted by molar-refractivity contribution is 0.0412. The minimum atomic E-state index is -0.241. The molecule has 0 spiro atoms. The average Bonchev–Trinajstić information content (AvgIpc) is 2.47. The highest BCUT2D eigenvalue weighted by molar-refractivity contribution is 5.23. The first kappa shape index (κ1) is 16.3. The van der Waals surface area contributed by atoms with Crippen LogP contribution in [0, 0.1) is 17.2 Å². The van der Waals surface area contributed by atoms with Gasteiger partial charge in [-0.25, -0.2) is 4.39 Å². The van der Waals surface area contributed by atoms with Gasteiger partial charge in [0.15, 0.2) is 0 Å². The molecular weight excluding hydrogens is 265 g/mol. The Morgan fingerprint density at radius 2 is 2.10 bits per heavy atom. The first-order valence-corrected chi connectivity index (χ1v) is 8.05. The molecule has 0 saturated heterocycles. The Morgan fingerprint density at radius 3 is 2.71 bits per heavy atom. The molecule has 1 N–H and O–H groups in total. The molecule has 2 rings (SSSR count). The number of ether oxygens (including phenoxy) is 1. The molecule has 1 aliphatic carbocycles. The molecule has 0 bridgehead atoms. The summed E-state index contributed by atoms with van der Waals surface area (Å²) in [5.74, 6) is 1.05. The van der Waals surface area contributed by atoms with Gasteiger partial charge in [-0.3, -0.25) is 0 Å². The molecule has 1 saturated carbocycles. The van der Waals surface area contributed by atoms with Gasteiger partial charge in [0.2, 0.25) is 0 Å². The highest BCUT2D eigenvalue weighted by Gasteiger charge is 2.37. The largest absolute Gasteiger partial charge is 0.489 e. The third-order valence-electron chi connectivity index (χ3n) is 5.26. The van der Waals surface area contributed by atoms with Crippen molar-refractivity contribution in [3.63, 3.8) is 0 Å². The molecule has 2 nitrogen and oxygen atoms in total. The van der Waals surface area contributed by atoms with Crippen LogP contribution in [-0.4, -0.2) is 19.2 Å². The molecule has 0 heterocycles. The van der Waals surface area contributed by atoms with Crippen LogP contribution in [-0.2, 0) is 0 Å². The molecule has 21 heavy (non-hydrogen) atoms. The summed E-state index contributed by atoms with van der Waals surface area (Å²) in [6.45, 7) is 6.94. The molecule has 0 aliphatic heterocycles. The number of nitrogens with one attached hydrogen (secondary N) is 1. The zero-order valence-electron chi connectivity index (χ0n) is 13.7. The Hall–Kier alpha value is -1.09. The SMILES string of the molecule is CCC(C)(C)C1CCC(NC)C(Oc2cccc(F)c2)C1. The van der Waals surface area contributed by atoms with Crippen molar-refractivity contribution in [2.75, 3.05) is 7.05 Å². The van der Waals surface area contributed by atoms with Crippen molar-refractivity contribution in [3.05, 3.63) is 30.1 Å². The van der Waals surface area contributed by atoms with Crippen LogP contribution in [0.5, 0.6) is 5.75 Å². The average molecular weight is 293 g/mol. The first-order valence-electron chi connectivity index (χ1n) is 8.05. The second-order valence-corrected chi connectivity index (χ2v) is 6.86. The lowest BCUT2D eigenvalue weighted by Crippen LogP contribution is -2.48. The Morgan fingerprint density at radius 1 is 1.33 bits per heavy atom. The quantitative estimate of drug-likeness (QED) is 0.869. The van der Waals surface area contributed by atoms with Crippen LogP contribution in [0.15, 0.2) is 24.3 Å². The lowest BCUT2D eigenvalue weighted by Gasteiger charge is -2.42. The molecule has 3 atom stereocenters. The number of rotatable bonds is 5. The fourth-order valence-electron chi connectivity index (χ4n) is 3.30. The maximum atomic E-state index is 13.3. The summed E-state index contributed by atoms with van der Waals surface area (Å²) < 4.78 is 19.4. The molecule has 1 aromatic rings. The summed E-state index contributed by atoms with van der Waals surface area (Å²) in [4.78, 5) is 0. The van der Waals surface area contributed by atoms with E-state index in [2.05, 4.69) is 26.1 Å². The van der Waals surface area contributed by atoms with Crippen molar-refractivity contribution in [2.24, 2.45) is 11.3 Å². The molecular formula is C18H28FNO. The smallest absolute Gasteiger partial charge is 0.126 e. The second kappa shape index (κ2) is 6.78. The van der Waals surface area contributed by atoms with Crippen LogP contribution in [0.3, 0.4) is 0 Å². The topological polar surface area (TPSA) is 21.3 Å². The van der Waals surface area contributed by atoms with Crippen LogP contribution >= 0.6 is 0 Å². The van der Waals surface area contributed by atoms with Crippen molar-refractivity contribution in [1.29, 1.82) is 0 Å². The van der Waals surface area contributed by atoms with Gasteiger partial charge >= 0.3 is 0 Å². The molecule has 0 amide bonds. The third-order valence-corrected chi connectivity index (χ3v) is 5.26. The molecule has 3 unspecified atom stereocenters. The summed E-state index contributed by atoms with van der Waals surface area (Å²) >= 11 is 0. The highest BCUT2D eigenvalue weighted by atomic mass is 19.1. The monoisotopic (exact) mass is 293 g/mol. The van der Waals surface area contributed by atoms with Gasteiger partial charge in [-0.2, -0.15) is 0 Å². The van der Waals surface area contributed by atoms with Crippen LogP contribution in [0.2, 0.25) is 0 Å². The van der Waals surface area contributed by atoms with Gasteiger partial charge in [0.1, 0.15) is 17.7 Å². The van der Waals surface area contributed by atoms with E-state index in [0.29, 0.717) is 23.1 Å². The number of hydrogen-bond donors (Lipinski definition) is 1. The van der Waals surface area contributed by atoms with E-state index in [1.54, 1.807) is 6.07 Å². The van der Waals surface area contributed by atoms with E-state index < -0.39 is 0 Å². The van der Waals surface area contributed by atoms with Gasteiger partial charge in [0, 0.05) is 12.1 Å². The Balaban J connectivity index is 2.10. The zero-order valence-corrected chi connectivity index (χ0v) is 13.7. The van der Waals surface area contributed by atoms with E-state index in [9.17, 15) is 4.39 Å². The predicted octanol–water partition coefficient (Wildman–Crippen LogP) is 4.40. The van der Waals surface area contributed by atoms with Crippen molar-refractivity contribution >= 4 is 0 Å².